The van der Waals surface area contributed by atoms with Crippen LogP contribution in [0.15, 0.2) is 54.7 Å². The number of pyridine rings is 1. The number of anilines is 2. The van der Waals surface area contributed by atoms with Crippen molar-refractivity contribution < 1.29 is 4.79 Å². The van der Waals surface area contributed by atoms with Crippen LogP contribution in [0.5, 0.6) is 0 Å². The van der Waals surface area contributed by atoms with Gasteiger partial charge in [-0.15, -0.1) is 0 Å². The quantitative estimate of drug-likeness (QED) is 0.692. The van der Waals surface area contributed by atoms with Crippen LogP contribution in [-0.2, 0) is 4.79 Å². The van der Waals surface area contributed by atoms with Crippen molar-refractivity contribution in [2.75, 3.05) is 37.0 Å². The summed E-state index contributed by atoms with van der Waals surface area (Å²) in [6.07, 6.45) is 4.63. The smallest absolute Gasteiger partial charge is 0.215 e. The van der Waals surface area contributed by atoms with Crippen molar-refractivity contribution in [3.8, 4) is 11.1 Å². The first-order valence-electron chi connectivity index (χ1n) is 9.79. The van der Waals surface area contributed by atoms with Gasteiger partial charge < -0.3 is 10.2 Å². The fourth-order valence-corrected chi connectivity index (χ4v) is 4.06. The molecule has 2 aromatic carbocycles. The molecule has 0 atom stereocenters. The maximum Gasteiger partial charge on any atom is 0.215 e. The van der Waals surface area contributed by atoms with E-state index < -0.39 is 0 Å². The van der Waals surface area contributed by atoms with Crippen LogP contribution >= 0.6 is 0 Å². The van der Waals surface area contributed by atoms with Gasteiger partial charge >= 0.3 is 0 Å². The highest BCUT2D eigenvalue weighted by Gasteiger charge is 2.26. The highest BCUT2D eigenvalue weighted by atomic mass is 16.1. The predicted molar refractivity (Wildman–Crippen MR) is 116 cm³/mol. The molecule has 1 N–H and O–H groups in total. The van der Waals surface area contributed by atoms with Gasteiger partial charge in [0, 0.05) is 31.9 Å². The Hall–Kier alpha value is -2.92. The van der Waals surface area contributed by atoms with Crippen LogP contribution in [0, 0.1) is 0 Å². The van der Waals surface area contributed by atoms with E-state index in [0.717, 1.165) is 55.0 Å². The number of carbonyl (C=O) groups is 1. The first-order chi connectivity index (χ1) is 13.7. The molecule has 1 amide bonds. The molecule has 5 heteroatoms. The molecule has 144 valence electrons. The molecule has 1 aromatic heterocycles. The topological polar surface area (TPSA) is 48.5 Å². The largest absolute Gasteiger partial charge is 0.374 e. The molecule has 3 aromatic rings. The third-order valence-electron chi connectivity index (χ3n) is 5.47. The van der Waals surface area contributed by atoms with Gasteiger partial charge in [0.2, 0.25) is 6.41 Å². The van der Waals surface area contributed by atoms with Crippen molar-refractivity contribution in [3.63, 3.8) is 0 Å². The Balaban J connectivity index is 1.83. The summed E-state index contributed by atoms with van der Waals surface area (Å²) in [5.74, 6) is 0.734. The van der Waals surface area contributed by atoms with Gasteiger partial charge in [0.1, 0.15) is 0 Å². The third-order valence-corrected chi connectivity index (χ3v) is 5.47. The number of piperidine rings is 1. The van der Waals surface area contributed by atoms with E-state index in [4.69, 9.17) is 0 Å². The SMILES string of the molecule is CN(C)c1c(-c2ccc3ccccc3c2)ccnc1N(C=O)C1CCNCC1. The minimum Gasteiger partial charge on any atom is -0.374 e. The molecule has 28 heavy (non-hydrogen) atoms. The summed E-state index contributed by atoms with van der Waals surface area (Å²) in [5.41, 5.74) is 3.19. The van der Waals surface area contributed by atoms with Gasteiger partial charge in [0.25, 0.3) is 0 Å². The first-order valence-corrected chi connectivity index (χ1v) is 9.79. The molecular formula is C23H26N4O. The Bertz CT molecular complexity index is 979. The summed E-state index contributed by atoms with van der Waals surface area (Å²) in [4.78, 5) is 20.6. The fourth-order valence-electron chi connectivity index (χ4n) is 4.06. The Morgan fingerprint density at radius 3 is 2.50 bits per heavy atom. The lowest BCUT2D eigenvalue weighted by Gasteiger charge is -2.33. The summed E-state index contributed by atoms with van der Waals surface area (Å²) < 4.78 is 0. The lowest BCUT2D eigenvalue weighted by Crippen LogP contribution is -2.43. The lowest BCUT2D eigenvalue weighted by molar-refractivity contribution is -0.108. The highest BCUT2D eigenvalue weighted by Crippen LogP contribution is 2.38. The molecule has 0 unspecified atom stereocenters. The molecule has 1 aliphatic rings. The van der Waals surface area contributed by atoms with Crippen LogP contribution in [0.1, 0.15) is 12.8 Å². The summed E-state index contributed by atoms with van der Waals surface area (Å²) in [5, 5.41) is 5.78. The Labute approximate surface area is 166 Å². The van der Waals surface area contributed by atoms with Crippen LogP contribution in [0.25, 0.3) is 21.9 Å². The fraction of sp³-hybridized carbons (Fsp3) is 0.304. The number of hydrogen-bond donors (Lipinski definition) is 1. The van der Waals surface area contributed by atoms with Gasteiger partial charge in [-0.3, -0.25) is 9.69 Å². The molecule has 1 aliphatic heterocycles. The maximum absolute atomic E-state index is 12.0. The van der Waals surface area contributed by atoms with Crippen LogP contribution < -0.4 is 15.1 Å². The molecule has 0 spiro atoms. The van der Waals surface area contributed by atoms with E-state index in [0.29, 0.717) is 0 Å². The van der Waals surface area contributed by atoms with Crippen molar-refractivity contribution in [1.29, 1.82) is 0 Å². The van der Waals surface area contributed by atoms with Gasteiger partial charge in [-0.2, -0.15) is 0 Å². The van der Waals surface area contributed by atoms with Crippen molar-refractivity contribution >= 4 is 28.7 Å². The number of amides is 1. The Morgan fingerprint density at radius 2 is 1.79 bits per heavy atom. The summed E-state index contributed by atoms with van der Waals surface area (Å²) >= 11 is 0. The number of hydrogen-bond acceptors (Lipinski definition) is 4. The molecule has 5 nitrogen and oxygen atoms in total. The van der Waals surface area contributed by atoms with E-state index in [-0.39, 0.29) is 6.04 Å². The molecule has 1 saturated heterocycles. The number of benzene rings is 2. The summed E-state index contributed by atoms with van der Waals surface area (Å²) in [6.45, 7) is 1.85. The molecule has 0 radical (unpaired) electrons. The number of nitrogens with one attached hydrogen (secondary N) is 1. The molecular weight excluding hydrogens is 348 g/mol. The van der Waals surface area contributed by atoms with Crippen LogP contribution in [0.3, 0.4) is 0 Å². The zero-order chi connectivity index (χ0) is 19.5. The zero-order valence-corrected chi connectivity index (χ0v) is 16.4. The second-order valence-electron chi connectivity index (χ2n) is 7.48. The van der Waals surface area contributed by atoms with E-state index in [1.54, 1.807) is 0 Å². The molecule has 0 saturated carbocycles. The summed E-state index contributed by atoms with van der Waals surface area (Å²) in [7, 11) is 4.02. The van der Waals surface area contributed by atoms with Crippen LogP contribution in [-0.4, -0.2) is 44.6 Å². The van der Waals surface area contributed by atoms with Gasteiger partial charge in [-0.05, 0) is 54.4 Å². The lowest BCUT2D eigenvalue weighted by atomic mass is 9.99. The number of carbonyl (C=O) groups excluding carboxylic acids is 1. The molecule has 4 rings (SSSR count). The average Bonchev–Trinajstić information content (AvgIpc) is 2.74. The van der Waals surface area contributed by atoms with Gasteiger partial charge in [0.05, 0.1) is 5.69 Å². The minimum atomic E-state index is 0.178. The number of rotatable bonds is 5. The molecule has 0 bridgehead atoms. The van der Waals surface area contributed by atoms with Gasteiger partial charge in [-0.25, -0.2) is 4.98 Å². The van der Waals surface area contributed by atoms with Crippen molar-refractivity contribution in [2.45, 2.75) is 18.9 Å². The minimum absolute atomic E-state index is 0.178. The van der Waals surface area contributed by atoms with E-state index in [2.05, 4.69) is 57.7 Å². The number of aromatic nitrogens is 1. The Kier molecular flexibility index (Phi) is 5.26. The van der Waals surface area contributed by atoms with E-state index >= 15 is 0 Å². The van der Waals surface area contributed by atoms with Crippen LogP contribution in [0.4, 0.5) is 11.5 Å². The molecule has 2 heterocycles. The second kappa shape index (κ2) is 7.98. The zero-order valence-electron chi connectivity index (χ0n) is 16.4. The first kappa shape index (κ1) is 18.4. The number of fused-ring (bicyclic) bond motifs is 1. The third kappa shape index (κ3) is 3.45. The van der Waals surface area contributed by atoms with Crippen molar-refractivity contribution in [1.82, 2.24) is 10.3 Å². The highest BCUT2D eigenvalue weighted by molar-refractivity contribution is 5.94. The normalized spacial score (nSPS) is 14.8. The summed E-state index contributed by atoms with van der Waals surface area (Å²) in [6, 6.07) is 17.1. The maximum atomic E-state index is 12.0. The predicted octanol–water partition coefficient (Wildman–Crippen LogP) is 3.68. The second-order valence-corrected chi connectivity index (χ2v) is 7.48. The Morgan fingerprint density at radius 1 is 1.04 bits per heavy atom. The van der Waals surface area contributed by atoms with E-state index in [1.165, 1.54) is 10.8 Å². The van der Waals surface area contributed by atoms with E-state index in [1.807, 2.05) is 31.3 Å². The van der Waals surface area contributed by atoms with Gasteiger partial charge in [-0.1, -0.05) is 36.4 Å². The van der Waals surface area contributed by atoms with Gasteiger partial charge in [0.15, 0.2) is 5.82 Å². The standard InChI is InChI=1S/C23H26N4O/c1-26(2)22-21(19-8-7-17-5-3-4-6-18(17)15-19)11-14-25-23(22)27(16-28)20-9-12-24-13-10-20/h3-8,11,14-16,20,24H,9-10,12-13H2,1-2H3. The molecule has 0 aliphatic carbocycles. The van der Waals surface area contributed by atoms with E-state index in [9.17, 15) is 4.79 Å². The number of nitrogens with zero attached hydrogens (tertiary/aromatic N) is 3. The molecule has 1 fully saturated rings. The van der Waals surface area contributed by atoms with Crippen LogP contribution in [0.2, 0.25) is 0 Å². The van der Waals surface area contributed by atoms with Crippen molar-refractivity contribution in [3.05, 3.63) is 54.7 Å². The monoisotopic (exact) mass is 374 g/mol. The van der Waals surface area contributed by atoms with Crippen molar-refractivity contribution in [2.24, 2.45) is 0 Å². The average molecular weight is 374 g/mol.